The summed E-state index contributed by atoms with van der Waals surface area (Å²) in [7, 11) is 2.11. The molecule has 19 heavy (non-hydrogen) atoms. The predicted molar refractivity (Wildman–Crippen MR) is 79.3 cm³/mol. The van der Waals surface area contributed by atoms with Gasteiger partial charge in [-0.25, -0.2) is 0 Å². The highest BCUT2D eigenvalue weighted by molar-refractivity contribution is 6.30. The van der Waals surface area contributed by atoms with Crippen molar-refractivity contribution in [2.75, 3.05) is 13.6 Å². The Labute approximate surface area is 120 Å². The van der Waals surface area contributed by atoms with Crippen molar-refractivity contribution >= 4 is 11.6 Å². The molecule has 0 amide bonds. The van der Waals surface area contributed by atoms with Crippen molar-refractivity contribution in [3.63, 3.8) is 0 Å². The van der Waals surface area contributed by atoms with E-state index in [1.165, 1.54) is 5.56 Å². The van der Waals surface area contributed by atoms with Crippen molar-refractivity contribution in [2.45, 2.75) is 44.6 Å². The maximum Gasteiger partial charge on any atom is 0.0747 e. The lowest BCUT2D eigenvalue weighted by atomic mass is 10.1. The molecule has 1 heterocycles. The number of ether oxygens (including phenoxy) is 1. The lowest BCUT2D eigenvalue weighted by Gasteiger charge is -2.31. The molecule has 3 nitrogen and oxygen atoms in total. The van der Waals surface area contributed by atoms with Crippen LogP contribution in [0.3, 0.4) is 0 Å². The highest BCUT2D eigenvalue weighted by atomic mass is 35.5. The number of nitrogens with two attached hydrogens (primary N) is 1. The van der Waals surface area contributed by atoms with Gasteiger partial charge in [0.1, 0.15) is 0 Å². The molecule has 4 heteroatoms. The molecule has 1 aliphatic rings. The first-order valence-corrected chi connectivity index (χ1v) is 7.28. The standard InChI is InChI=1S/C15H23ClN2O/c1-11-3-8-15(19-11)14(9-17)18(2)10-12-4-6-13(16)7-5-12/h4-7,11,14-15H,3,8-10,17H2,1-2H3. The Morgan fingerprint density at radius 2 is 2.05 bits per heavy atom. The minimum Gasteiger partial charge on any atom is -0.374 e. The second-order valence-corrected chi connectivity index (χ2v) is 5.84. The summed E-state index contributed by atoms with van der Waals surface area (Å²) in [6.45, 7) is 3.63. The number of benzene rings is 1. The van der Waals surface area contributed by atoms with Gasteiger partial charge in [0.15, 0.2) is 0 Å². The van der Waals surface area contributed by atoms with Crippen LogP contribution in [-0.2, 0) is 11.3 Å². The summed E-state index contributed by atoms with van der Waals surface area (Å²) in [6.07, 6.45) is 2.87. The van der Waals surface area contributed by atoms with Gasteiger partial charge in [-0.2, -0.15) is 0 Å². The number of nitrogens with zero attached hydrogens (tertiary/aromatic N) is 1. The second kappa shape index (κ2) is 6.71. The van der Waals surface area contributed by atoms with E-state index in [1.807, 2.05) is 12.1 Å². The summed E-state index contributed by atoms with van der Waals surface area (Å²) in [5.74, 6) is 0. The van der Waals surface area contributed by atoms with E-state index in [4.69, 9.17) is 22.1 Å². The van der Waals surface area contributed by atoms with E-state index < -0.39 is 0 Å². The van der Waals surface area contributed by atoms with Crippen LogP contribution >= 0.6 is 11.6 Å². The molecule has 0 saturated carbocycles. The number of hydrogen-bond donors (Lipinski definition) is 1. The van der Waals surface area contributed by atoms with E-state index in [0.717, 1.165) is 24.4 Å². The molecule has 3 unspecified atom stereocenters. The van der Waals surface area contributed by atoms with E-state index in [0.29, 0.717) is 12.6 Å². The Morgan fingerprint density at radius 1 is 1.37 bits per heavy atom. The van der Waals surface area contributed by atoms with Gasteiger partial charge in [0.25, 0.3) is 0 Å². The van der Waals surface area contributed by atoms with Gasteiger partial charge in [0.2, 0.25) is 0 Å². The van der Waals surface area contributed by atoms with E-state index in [9.17, 15) is 0 Å². The number of likely N-dealkylation sites (N-methyl/N-ethyl adjacent to an activating group) is 1. The molecule has 1 aromatic carbocycles. The molecule has 1 fully saturated rings. The zero-order valence-electron chi connectivity index (χ0n) is 11.7. The van der Waals surface area contributed by atoms with Gasteiger partial charge in [0, 0.05) is 24.2 Å². The smallest absolute Gasteiger partial charge is 0.0747 e. The highest BCUT2D eigenvalue weighted by Gasteiger charge is 2.31. The molecule has 1 saturated heterocycles. The third kappa shape index (κ3) is 3.93. The van der Waals surface area contributed by atoms with Gasteiger partial charge in [0.05, 0.1) is 12.2 Å². The average molecular weight is 283 g/mol. The Bertz CT molecular complexity index is 396. The fraction of sp³-hybridized carbons (Fsp3) is 0.600. The van der Waals surface area contributed by atoms with Crippen LogP contribution in [0.5, 0.6) is 0 Å². The number of hydrogen-bond acceptors (Lipinski definition) is 3. The zero-order chi connectivity index (χ0) is 13.8. The van der Waals surface area contributed by atoms with Crippen LogP contribution in [0.2, 0.25) is 5.02 Å². The molecular weight excluding hydrogens is 260 g/mol. The number of rotatable bonds is 5. The summed E-state index contributed by atoms with van der Waals surface area (Å²) < 4.78 is 5.95. The topological polar surface area (TPSA) is 38.5 Å². The van der Waals surface area contributed by atoms with Crippen molar-refractivity contribution in [2.24, 2.45) is 5.73 Å². The minimum absolute atomic E-state index is 0.261. The van der Waals surface area contributed by atoms with Crippen LogP contribution in [-0.4, -0.2) is 36.7 Å². The summed E-state index contributed by atoms with van der Waals surface area (Å²) in [4.78, 5) is 2.28. The molecular formula is C15H23ClN2O. The molecule has 2 N–H and O–H groups in total. The highest BCUT2D eigenvalue weighted by Crippen LogP contribution is 2.24. The monoisotopic (exact) mass is 282 g/mol. The van der Waals surface area contributed by atoms with Crippen LogP contribution < -0.4 is 5.73 Å². The van der Waals surface area contributed by atoms with Crippen LogP contribution in [0, 0.1) is 0 Å². The maximum atomic E-state index is 5.95. The summed E-state index contributed by atoms with van der Waals surface area (Å²) >= 11 is 5.90. The number of halogens is 1. The van der Waals surface area contributed by atoms with Crippen LogP contribution in [0.4, 0.5) is 0 Å². The second-order valence-electron chi connectivity index (χ2n) is 5.41. The largest absolute Gasteiger partial charge is 0.374 e. The van der Waals surface area contributed by atoms with Crippen LogP contribution in [0.1, 0.15) is 25.3 Å². The van der Waals surface area contributed by atoms with Gasteiger partial charge >= 0.3 is 0 Å². The third-order valence-electron chi connectivity index (χ3n) is 3.85. The third-order valence-corrected chi connectivity index (χ3v) is 4.10. The molecule has 3 atom stereocenters. The first-order valence-electron chi connectivity index (χ1n) is 6.90. The Kier molecular flexibility index (Phi) is 5.22. The van der Waals surface area contributed by atoms with Gasteiger partial charge in [-0.15, -0.1) is 0 Å². The molecule has 0 spiro atoms. The van der Waals surface area contributed by atoms with E-state index in [1.54, 1.807) is 0 Å². The molecule has 1 aliphatic heterocycles. The van der Waals surface area contributed by atoms with E-state index >= 15 is 0 Å². The van der Waals surface area contributed by atoms with Crippen molar-refractivity contribution < 1.29 is 4.74 Å². The van der Waals surface area contributed by atoms with E-state index in [2.05, 4.69) is 31.0 Å². The molecule has 0 bridgehead atoms. The molecule has 0 radical (unpaired) electrons. The van der Waals surface area contributed by atoms with Crippen LogP contribution in [0.15, 0.2) is 24.3 Å². The fourth-order valence-electron chi connectivity index (χ4n) is 2.73. The molecule has 106 valence electrons. The first kappa shape index (κ1) is 14.8. The quantitative estimate of drug-likeness (QED) is 0.902. The zero-order valence-corrected chi connectivity index (χ0v) is 12.4. The fourth-order valence-corrected chi connectivity index (χ4v) is 2.85. The summed E-state index contributed by atoms with van der Waals surface area (Å²) in [5, 5.41) is 0.773. The van der Waals surface area contributed by atoms with Crippen molar-refractivity contribution in [3.8, 4) is 0 Å². The molecule has 1 aromatic rings. The molecule has 0 aliphatic carbocycles. The van der Waals surface area contributed by atoms with Crippen molar-refractivity contribution in [1.82, 2.24) is 4.90 Å². The normalized spacial score (nSPS) is 24.9. The van der Waals surface area contributed by atoms with Gasteiger partial charge < -0.3 is 10.5 Å². The molecule has 2 rings (SSSR count). The predicted octanol–water partition coefficient (Wildman–Crippen LogP) is 2.67. The lowest BCUT2D eigenvalue weighted by Crippen LogP contribution is -2.46. The maximum absolute atomic E-state index is 5.95. The SMILES string of the molecule is CC1CCC(C(CN)N(C)Cc2ccc(Cl)cc2)O1. The van der Waals surface area contributed by atoms with Gasteiger partial charge in [-0.05, 0) is 44.5 Å². The average Bonchev–Trinajstić information content (AvgIpc) is 2.80. The van der Waals surface area contributed by atoms with Gasteiger partial charge in [-0.3, -0.25) is 4.90 Å². The Hall–Kier alpha value is -0.610. The van der Waals surface area contributed by atoms with E-state index in [-0.39, 0.29) is 12.1 Å². The Balaban J connectivity index is 1.96. The summed E-state index contributed by atoms with van der Waals surface area (Å²) in [6, 6.07) is 8.25. The lowest BCUT2D eigenvalue weighted by molar-refractivity contribution is 0.000843. The summed E-state index contributed by atoms with van der Waals surface area (Å²) in [5.41, 5.74) is 7.18. The van der Waals surface area contributed by atoms with Crippen molar-refractivity contribution in [1.29, 1.82) is 0 Å². The van der Waals surface area contributed by atoms with Crippen molar-refractivity contribution in [3.05, 3.63) is 34.9 Å². The Morgan fingerprint density at radius 3 is 2.58 bits per heavy atom. The minimum atomic E-state index is 0.261. The van der Waals surface area contributed by atoms with Gasteiger partial charge in [-0.1, -0.05) is 23.7 Å². The first-order chi connectivity index (χ1) is 9.10. The van der Waals surface area contributed by atoms with Crippen LogP contribution in [0.25, 0.3) is 0 Å². The molecule has 0 aromatic heterocycles.